The van der Waals surface area contributed by atoms with Gasteiger partial charge in [0.15, 0.2) is 12.4 Å². The lowest BCUT2D eigenvalue weighted by atomic mass is 10.1. The van der Waals surface area contributed by atoms with Crippen LogP contribution < -0.4 is 10.1 Å². The maximum atomic E-state index is 11.2. The number of ketones is 1. The molecule has 4 heteroatoms. The normalized spacial score (nSPS) is 9.62. The zero-order valence-electron chi connectivity index (χ0n) is 9.16. The van der Waals surface area contributed by atoms with Crippen molar-refractivity contribution in [2.75, 3.05) is 13.2 Å². The van der Waals surface area contributed by atoms with Crippen molar-refractivity contribution in [2.24, 2.45) is 0 Å². The summed E-state index contributed by atoms with van der Waals surface area (Å²) in [5.74, 6) is -0.158. The molecule has 1 aromatic rings. The largest absolute Gasteiger partial charge is 0.483 e. The van der Waals surface area contributed by atoms with Gasteiger partial charge in [0, 0.05) is 13.5 Å². The van der Waals surface area contributed by atoms with E-state index in [1.807, 2.05) is 6.92 Å². The minimum atomic E-state index is -0.327. The Morgan fingerprint density at radius 2 is 2.06 bits per heavy atom. The van der Waals surface area contributed by atoms with E-state index in [0.717, 1.165) is 0 Å². The number of benzene rings is 1. The first-order valence-electron chi connectivity index (χ1n) is 5.00. The molecule has 0 atom stereocenters. The van der Waals surface area contributed by atoms with Crippen LogP contribution in [0.25, 0.3) is 0 Å². The lowest BCUT2D eigenvalue weighted by Gasteiger charge is -2.08. The second-order valence-corrected chi connectivity index (χ2v) is 3.16. The minimum absolute atomic E-state index is 0.0991. The Hall–Kier alpha value is -1.84. The molecule has 0 saturated carbocycles. The molecular weight excluding hydrogens is 206 g/mol. The van der Waals surface area contributed by atoms with Gasteiger partial charge in [0.05, 0.1) is 5.56 Å². The molecule has 0 spiro atoms. The predicted molar refractivity (Wildman–Crippen MR) is 60.3 cm³/mol. The Morgan fingerprint density at radius 3 is 2.69 bits per heavy atom. The van der Waals surface area contributed by atoms with E-state index in [1.54, 1.807) is 24.3 Å². The highest BCUT2D eigenvalue weighted by molar-refractivity contribution is 6.01. The number of ether oxygens (including phenoxy) is 1. The van der Waals surface area contributed by atoms with Gasteiger partial charge >= 0.3 is 0 Å². The van der Waals surface area contributed by atoms with E-state index in [4.69, 9.17) is 4.74 Å². The van der Waals surface area contributed by atoms with Crippen LogP contribution in [0.1, 0.15) is 17.3 Å². The highest BCUT2D eigenvalue weighted by atomic mass is 16.5. The topological polar surface area (TPSA) is 55.4 Å². The van der Waals surface area contributed by atoms with Crippen LogP contribution in [0.15, 0.2) is 24.3 Å². The molecule has 0 fully saturated rings. The van der Waals surface area contributed by atoms with Crippen LogP contribution in [0.3, 0.4) is 0 Å². The summed E-state index contributed by atoms with van der Waals surface area (Å²) in [4.78, 5) is 22.3. The number of likely N-dealkylation sites (N-methyl/N-ethyl adjacent to an activating group) is 1. The summed E-state index contributed by atoms with van der Waals surface area (Å²) in [6, 6.07) is 6.71. The molecule has 16 heavy (non-hydrogen) atoms. The molecule has 4 nitrogen and oxygen atoms in total. The molecule has 0 unspecified atom stereocenters. The van der Waals surface area contributed by atoms with Gasteiger partial charge in [0.2, 0.25) is 0 Å². The van der Waals surface area contributed by atoms with Gasteiger partial charge in [-0.15, -0.1) is 0 Å². The fourth-order valence-electron chi connectivity index (χ4n) is 1.21. The van der Waals surface area contributed by atoms with Gasteiger partial charge in [-0.1, -0.05) is 12.1 Å². The minimum Gasteiger partial charge on any atom is -0.483 e. The monoisotopic (exact) mass is 220 g/mol. The summed E-state index contributed by atoms with van der Waals surface area (Å²) in [7, 11) is 0. The van der Waals surface area contributed by atoms with Gasteiger partial charge in [0.1, 0.15) is 5.75 Å². The number of rotatable bonds is 5. The van der Waals surface area contributed by atoms with Crippen molar-refractivity contribution in [1.82, 2.24) is 5.32 Å². The first-order valence-corrected chi connectivity index (χ1v) is 5.00. The molecule has 1 rings (SSSR count). The first-order chi connectivity index (χ1) is 7.65. The number of Topliss-reactive ketones (excluding diaryl/α,β-unsaturated/α-hetero) is 1. The average Bonchev–Trinajstić information content (AvgIpc) is 2.27. The highest BCUT2D eigenvalue weighted by Gasteiger charge is 2.08. The van der Waals surface area contributed by atoms with Crippen LogP contribution >= 0.6 is 0 Å². The summed E-state index contributed by atoms with van der Waals surface area (Å²) in [5, 5.41) is 2.60. The third-order valence-electron chi connectivity index (χ3n) is 1.92. The van der Waals surface area contributed by atoms with E-state index in [0.29, 0.717) is 17.9 Å². The number of carbonyl (C=O) groups is 2. The first kappa shape index (κ1) is 12.2. The Balaban J connectivity index is 2.66. The zero-order chi connectivity index (χ0) is 12.0. The van der Waals surface area contributed by atoms with Crippen molar-refractivity contribution < 1.29 is 14.3 Å². The van der Waals surface area contributed by atoms with E-state index in [-0.39, 0.29) is 18.3 Å². The van der Waals surface area contributed by atoms with Gasteiger partial charge in [-0.2, -0.15) is 0 Å². The van der Waals surface area contributed by atoms with E-state index < -0.39 is 0 Å². The maximum Gasteiger partial charge on any atom is 0.257 e. The fraction of sp³-hybridized carbons (Fsp3) is 0.250. The highest BCUT2D eigenvalue weighted by Crippen LogP contribution is 2.17. The van der Waals surface area contributed by atoms with E-state index >= 15 is 0 Å². The van der Waals surface area contributed by atoms with Crippen LogP contribution in [0, 0.1) is 6.92 Å². The lowest BCUT2D eigenvalue weighted by molar-refractivity contribution is -0.122. The van der Waals surface area contributed by atoms with Crippen LogP contribution in [0.4, 0.5) is 0 Å². The SMILES string of the molecule is [CH2]C(=O)c1ccccc1OCC(=O)NCC. The molecule has 1 aromatic carbocycles. The molecule has 0 aliphatic rings. The summed E-state index contributed by atoms with van der Waals surface area (Å²) in [6.45, 7) is 5.59. The Morgan fingerprint density at radius 1 is 1.38 bits per heavy atom. The van der Waals surface area contributed by atoms with Crippen molar-refractivity contribution >= 4 is 11.7 Å². The summed E-state index contributed by atoms with van der Waals surface area (Å²) in [6.07, 6.45) is 0. The molecule has 0 bridgehead atoms. The van der Waals surface area contributed by atoms with E-state index in [9.17, 15) is 9.59 Å². The number of hydrogen-bond acceptors (Lipinski definition) is 3. The number of para-hydroxylation sites is 1. The third-order valence-corrected chi connectivity index (χ3v) is 1.92. The molecule has 0 aliphatic carbocycles. The quantitative estimate of drug-likeness (QED) is 0.759. The summed E-state index contributed by atoms with van der Waals surface area (Å²) >= 11 is 0. The molecule has 1 amide bonds. The van der Waals surface area contributed by atoms with Crippen molar-refractivity contribution in [3.05, 3.63) is 36.8 Å². The molecule has 1 N–H and O–H groups in total. The maximum absolute atomic E-state index is 11.2. The van der Waals surface area contributed by atoms with Gasteiger partial charge in [-0.25, -0.2) is 0 Å². The third kappa shape index (κ3) is 3.38. The number of hydrogen-bond donors (Lipinski definition) is 1. The Kier molecular flexibility index (Phi) is 4.51. The van der Waals surface area contributed by atoms with Gasteiger partial charge in [-0.05, 0) is 19.1 Å². The van der Waals surface area contributed by atoms with E-state index in [1.165, 1.54) is 0 Å². The van der Waals surface area contributed by atoms with Gasteiger partial charge in [0.25, 0.3) is 5.91 Å². The fourth-order valence-corrected chi connectivity index (χ4v) is 1.21. The van der Waals surface area contributed by atoms with Crippen LogP contribution in [-0.4, -0.2) is 24.8 Å². The van der Waals surface area contributed by atoms with Crippen LogP contribution in [-0.2, 0) is 4.79 Å². The second kappa shape index (κ2) is 5.90. The predicted octanol–water partition coefficient (Wildman–Crippen LogP) is 1.22. The number of carbonyl (C=O) groups excluding carboxylic acids is 2. The number of amides is 1. The van der Waals surface area contributed by atoms with Crippen molar-refractivity contribution in [1.29, 1.82) is 0 Å². The van der Waals surface area contributed by atoms with Crippen molar-refractivity contribution in [3.8, 4) is 5.75 Å². The van der Waals surface area contributed by atoms with E-state index in [2.05, 4.69) is 12.2 Å². The smallest absolute Gasteiger partial charge is 0.257 e. The number of nitrogens with one attached hydrogen (secondary N) is 1. The molecule has 0 saturated heterocycles. The average molecular weight is 220 g/mol. The van der Waals surface area contributed by atoms with Crippen molar-refractivity contribution in [2.45, 2.75) is 6.92 Å². The molecule has 85 valence electrons. The molecule has 0 aliphatic heterocycles. The molecule has 1 radical (unpaired) electrons. The zero-order valence-corrected chi connectivity index (χ0v) is 9.16. The standard InChI is InChI=1S/C12H14NO3/c1-3-13-12(15)8-16-11-7-5-4-6-10(11)9(2)14/h4-7H,2-3,8H2,1H3,(H,13,15). The summed E-state index contributed by atoms with van der Waals surface area (Å²) < 4.78 is 5.24. The Labute approximate surface area is 94.6 Å². The second-order valence-electron chi connectivity index (χ2n) is 3.16. The van der Waals surface area contributed by atoms with Crippen LogP contribution in [0.5, 0.6) is 5.75 Å². The van der Waals surface area contributed by atoms with Crippen LogP contribution in [0.2, 0.25) is 0 Å². The molecular formula is C12H14NO3. The lowest BCUT2D eigenvalue weighted by Crippen LogP contribution is -2.28. The van der Waals surface area contributed by atoms with Crippen molar-refractivity contribution in [3.63, 3.8) is 0 Å². The summed E-state index contributed by atoms with van der Waals surface area (Å²) in [5.41, 5.74) is 0.381. The van der Waals surface area contributed by atoms with Gasteiger partial charge in [-0.3, -0.25) is 9.59 Å². The molecule has 0 heterocycles. The molecule has 0 aromatic heterocycles. The van der Waals surface area contributed by atoms with Gasteiger partial charge < -0.3 is 10.1 Å². The Bertz CT molecular complexity index is 388.